The van der Waals surface area contributed by atoms with Crippen LogP contribution in [0, 0.1) is 5.82 Å². The highest BCUT2D eigenvalue weighted by molar-refractivity contribution is 7.07. The van der Waals surface area contributed by atoms with Crippen LogP contribution in [0.2, 0.25) is 0 Å². The minimum Gasteiger partial charge on any atom is -0.322 e. The number of thiazole rings is 1. The van der Waals surface area contributed by atoms with E-state index >= 15 is 0 Å². The topological polar surface area (TPSA) is 63.5 Å². The third-order valence-corrected chi connectivity index (χ3v) is 6.56. The molecule has 0 fully saturated rings. The number of allylic oxidation sites excluding steroid dienone is 1. The van der Waals surface area contributed by atoms with Crippen molar-refractivity contribution in [3.05, 3.63) is 133 Å². The number of nitrogens with one attached hydrogen (secondary N) is 1. The number of para-hydroxylation sites is 1. The lowest BCUT2D eigenvalue weighted by atomic mass is 9.95. The van der Waals surface area contributed by atoms with E-state index in [-0.39, 0.29) is 17.3 Å². The first-order valence-electron chi connectivity index (χ1n) is 10.7. The van der Waals surface area contributed by atoms with Crippen LogP contribution in [0.25, 0.3) is 6.08 Å². The summed E-state index contributed by atoms with van der Waals surface area (Å²) in [6.45, 7) is 1.78. The van der Waals surface area contributed by atoms with Crippen molar-refractivity contribution in [2.75, 3.05) is 5.32 Å². The predicted molar refractivity (Wildman–Crippen MR) is 132 cm³/mol. The van der Waals surface area contributed by atoms with Gasteiger partial charge in [0.05, 0.1) is 21.8 Å². The number of hydrogen-bond acceptors (Lipinski definition) is 4. The van der Waals surface area contributed by atoms with E-state index in [0.717, 1.165) is 5.56 Å². The molecule has 168 valence electrons. The van der Waals surface area contributed by atoms with Gasteiger partial charge in [-0.15, -0.1) is 0 Å². The zero-order valence-corrected chi connectivity index (χ0v) is 19.1. The van der Waals surface area contributed by atoms with E-state index in [9.17, 15) is 14.0 Å². The van der Waals surface area contributed by atoms with Crippen LogP contribution in [0.15, 0.2) is 106 Å². The molecular weight excluding hydrogens is 449 g/mol. The van der Waals surface area contributed by atoms with E-state index in [2.05, 4.69) is 10.3 Å². The maximum Gasteiger partial charge on any atom is 0.271 e. The van der Waals surface area contributed by atoms with Crippen LogP contribution in [0.3, 0.4) is 0 Å². The van der Waals surface area contributed by atoms with E-state index in [1.807, 2.05) is 60.7 Å². The standard InChI is InChI=1S/C27H20FN3O2S/c1-17-23(25(32)30-21-10-6-3-7-11-21)24(19-8-4-2-5-9-19)31-26(33)22(34-27(31)29-17)16-18-12-14-20(28)15-13-18/h2-16,24H,1H3,(H,30,32)/b22-16-. The monoisotopic (exact) mass is 469 g/mol. The molecule has 5 rings (SSSR count). The first-order valence-corrected chi connectivity index (χ1v) is 11.5. The molecule has 7 heteroatoms. The smallest absolute Gasteiger partial charge is 0.271 e. The van der Waals surface area contributed by atoms with Crippen LogP contribution < -0.4 is 20.2 Å². The lowest BCUT2D eigenvalue weighted by Gasteiger charge is -2.25. The number of carbonyl (C=O) groups excluding carboxylic acids is 1. The average Bonchev–Trinajstić information content (AvgIpc) is 3.15. The van der Waals surface area contributed by atoms with Gasteiger partial charge in [-0.05, 0) is 48.4 Å². The zero-order valence-electron chi connectivity index (χ0n) is 18.2. The largest absolute Gasteiger partial charge is 0.322 e. The molecule has 1 N–H and O–H groups in total. The summed E-state index contributed by atoms with van der Waals surface area (Å²) < 4.78 is 15.3. The Kier molecular flexibility index (Phi) is 5.77. The maximum atomic E-state index is 13.6. The molecular formula is C27H20FN3O2S. The summed E-state index contributed by atoms with van der Waals surface area (Å²) in [6.07, 6.45) is 1.72. The molecule has 0 saturated carbocycles. The number of aromatic nitrogens is 1. The summed E-state index contributed by atoms with van der Waals surface area (Å²) in [5, 5.41) is 2.93. The number of hydrogen-bond donors (Lipinski definition) is 1. The molecule has 0 bridgehead atoms. The van der Waals surface area contributed by atoms with Crippen LogP contribution in [0.1, 0.15) is 24.1 Å². The third-order valence-electron chi connectivity index (χ3n) is 5.58. The van der Waals surface area contributed by atoms with E-state index in [0.29, 0.717) is 31.9 Å². The van der Waals surface area contributed by atoms with Crippen LogP contribution >= 0.6 is 11.3 Å². The number of amides is 1. The number of nitrogens with zero attached hydrogens (tertiary/aromatic N) is 2. The molecule has 1 aliphatic heterocycles. The number of anilines is 1. The van der Waals surface area contributed by atoms with Crippen molar-refractivity contribution < 1.29 is 9.18 Å². The summed E-state index contributed by atoms with van der Waals surface area (Å²) in [5.41, 5.74) is 2.89. The number of halogens is 1. The maximum absolute atomic E-state index is 13.6. The quantitative estimate of drug-likeness (QED) is 0.491. The Hall–Kier alpha value is -4.10. The van der Waals surface area contributed by atoms with Crippen LogP contribution in [-0.2, 0) is 4.79 Å². The van der Waals surface area contributed by atoms with Crippen molar-refractivity contribution in [2.24, 2.45) is 4.99 Å². The molecule has 4 aromatic rings. The van der Waals surface area contributed by atoms with Crippen molar-refractivity contribution >= 4 is 29.0 Å². The molecule has 3 aromatic carbocycles. The van der Waals surface area contributed by atoms with Gasteiger partial charge in [0, 0.05) is 5.69 Å². The van der Waals surface area contributed by atoms with Gasteiger partial charge in [0.15, 0.2) is 4.80 Å². The Bertz CT molecular complexity index is 1570. The Morgan fingerprint density at radius 1 is 1.00 bits per heavy atom. The second-order valence-corrected chi connectivity index (χ2v) is 8.87. The molecule has 34 heavy (non-hydrogen) atoms. The normalized spacial score (nSPS) is 15.6. The second-order valence-electron chi connectivity index (χ2n) is 7.86. The van der Waals surface area contributed by atoms with Gasteiger partial charge in [0.25, 0.3) is 11.5 Å². The summed E-state index contributed by atoms with van der Waals surface area (Å²) in [6, 6.07) is 23.9. The van der Waals surface area contributed by atoms with Gasteiger partial charge < -0.3 is 5.32 Å². The van der Waals surface area contributed by atoms with E-state index in [1.165, 1.54) is 23.5 Å². The summed E-state index contributed by atoms with van der Waals surface area (Å²) in [5.74, 6) is -0.651. The van der Waals surface area contributed by atoms with Crippen molar-refractivity contribution in [2.45, 2.75) is 13.0 Å². The van der Waals surface area contributed by atoms with Crippen LogP contribution in [-0.4, -0.2) is 10.5 Å². The van der Waals surface area contributed by atoms with Crippen LogP contribution in [0.5, 0.6) is 0 Å². The lowest BCUT2D eigenvalue weighted by Crippen LogP contribution is -2.40. The minimum absolute atomic E-state index is 0.251. The highest BCUT2D eigenvalue weighted by Gasteiger charge is 2.32. The van der Waals surface area contributed by atoms with Gasteiger partial charge in [-0.1, -0.05) is 72.0 Å². The SMILES string of the molecule is CC1=C(C(=O)Nc2ccccc2)C(c2ccccc2)n2c(s/c(=C\c3ccc(F)cc3)c2=O)=N1. The molecule has 2 heterocycles. The molecule has 1 unspecified atom stereocenters. The minimum atomic E-state index is -0.628. The second kappa shape index (κ2) is 9.03. The summed E-state index contributed by atoms with van der Waals surface area (Å²) >= 11 is 1.25. The molecule has 1 aromatic heterocycles. The predicted octanol–water partition coefficient (Wildman–Crippen LogP) is 4.01. The molecule has 5 nitrogen and oxygen atoms in total. The van der Waals surface area contributed by atoms with Crippen molar-refractivity contribution in [3.63, 3.8) is 0 Å². The van der Waals surface area contributed by atoms with E-state index in [4.69, 9.17) is 0 Å². The fourth-order valence-electron chi connectivity index (χ4n) is 3.99. The van der Waals surface area contributed by atoms with E-state index in [1.54, 1.807) is 29.7 Å². The molecule has 1 aliphatic rings. The van der Waals surface area contributed by atoms with Gasteiger partial charge >= 0.3 is 0 Å². The number of rotatable bonds is 4. The Labute approximate surface area is 198 Å². The molecule has 0 spiro atoms. The molecule has 1 atom stereocenters. The zero-order chi connectivity index (χ0) is 23.7. The summed E-state index contributed by atoms with van der Waals surface area (Å²) in [4.78, 5) is 32.1. The van der Waals surface area contributed by atoms with Gasteiger partial charge in [-0.2, -0.15) is 0 Å². The van der Waals surface area contributed by atoms with Crippen LogP contribution in [0.4, 0.5) is 10.1 Å². The van der Waals surface area contributed by atoms with Gasteiger partial charge in [0.1, 0.15) is 5.82 Å². The van der Waals surface area contributed by atoms with Crippen molar-refractivity contribution in [1.29, 1.82) is 0 Å². The fraction of sp³-hybridized carbons (Fsp3) is 0.0741. The molecule has 0 saturated heterocycles. The molecule has 0 radical (unpaired) electrons. The lowest BCUT2D eigenvalue weighted by molar-refractivity contribution is -0.113. The Balaban J connectivity index is 1.66. The average molecular weight is 470 g/mol. The third kappa shape index (κ3) is 4.13. The highest BCUT2D eigenvalue weighted by atomic mass is 32.1. The first-order chi connectivity index (χ1) is 16.5. The first kappa shape index (κ1) is 21.7. The number of carbonyl (C=O) groups is 1. The molecule has 0 aliphatic carbocycles. The van der Waals surface area contributed by atoms with Crippen molar-refractivity contribution in [1.82, 2.24) is 4.57 Å². The summed E-state index contributed by atoms with van der Waals surface area (Å²) in [7, 11) is 0. The Morgan fingerprint density at radius 2 is 1.65 bits per heavy atom. The van der Waals surface area contributed by atoms with Gasteiger partial charge in [-0.25, -0.2) is 9.38 Å². The molecule has 1 amide bonds. The van der Waals surface area contributed by atoms with Gasteiger partial charge in [0.2, 0.25) is 0 Å². The van der Waals surface area contributed by atoms with E-state index < -0.39 is 6.04 Å². The highest BCUT2D eigenvalue weighted by Crippen LogP contribution is 2.30. The fourth-order valence-corrected chi connectivity index (χ4v) is 5.04. The Morgan fingerprint density at radius 3 is 2.32 bits per heavy atom. The van der Waals surface area contributed by atoms with Crippen molar-refractivity contribution in [3.8, 4) is 0 Å². The van der Waals surface area contributed by atoms with Gasteiger partial charge in [-0.3, -0.25) is 14.2 Å². The number of fused-ring (bicyclic) bond motifs is 1. The number of benzene rings is 3.